The van der Waals surface area contributed by atoms with Crippen LogP contribution in [0.25, 0.3) is 6.08 Å². The molecule has 0 spiro atoms. The van der Waals surface area contributed by atoms with Gasteiger partial charge in [-0.3, -0.25) is 4.79 Å². The van der Waals surface area contributed by atoms with E-state index in [0.717, 1.165) is 11.3 Å². The van der Waals surface area contributed by atoms with Crippen molar-refractivity contribution in [3.8, 4) is 0 Å². The van der Waals surface area contributed by atoms with Gasteiger partial charge in [0.05, 0.1) is 5.69 Å². The molecule has 1 aromatic heterocycles. The summed E-state index contributed by atoms with van der Waals surface area (Å²) in [4.78, 5) is 24.4. The summed E-state index contributed by atoms with van der Waals surface area (Å²) in [6, 6.07) is 0. The zero-order chi connectivity index (χ0) is 10.6. The summed E-state index contributed by atoms with van der Waals surface area (Å²) in [6.45, 7) is 0. The van der Waals surface area contributed by atoms with Gasteiger partial charge in [0.25, 0.3) is 0 Å². The van der Waals surface area contributed by atoms with Gasteiger partial charge < -0.3 is 15.6 Å². The van der Waals surface area contributed by atoms with Crippen molar-refractivity contribution in [2.45, 2.75) is 6.42 Å². The van der Waals surface area contributed by atoms with E-state index in [1.807, 2.05) is 0 Å². The Labute approximate surface area is 83.9 Å². The standard InChI is InChI=1S/C8H8N2O3S/c9-6(11)3-1-2-5-4-14-7(10-5)8(12)13/h1-2,4H,3H2,(H2,9,11)(H,12,13)/p-1. The van der Waals surface area contributed by atoms with Crippen LogP contribution in [0, 0.1) is 0 Å². The number of nitrogens with zero attached hydrogens (tertiary/aromatic N) is 1. The highest BCUT2D eigenvalue weighted by Crippen LogP contribution is 2.10. The molecule has 6 heteroatoms. The molecular weight excluding hydrogens is 204 g/mol. The van der Waals surface area contributed by atoms with Crippen molar-refractivity contribution >= 4 is 29.3 Å². The number of rotatable bonds is 4. The molecule has 0 aliphatic rings. The largest absolute Gasteiger partial charge is 0.542 e. The molecular formula is C8H7N2O3S-. The van der Waals surface area contributed by atoms with Crippen molar-refractivity contribution in [3.05, 3.63) is 22.2 Å². The first-order chi connectivity index (χ1) is 6.59. The minimum Gasteiger partial charge on any atom is -0.542 e. The van der Waals surface area contributed by atoms with Crippen molar-refractivity contribution in [1.29, 1.82) is 0 Å². The minimum absolute atomic E-state index is 0.0799. The first-order valence-corrected chi connectivity index (χ1v) is 4.59. The van der Waals surface area contributed by atoms with Gasteiger partial charge in [-0.15, -0.1) is 11.3 Å². The third-order valence-corrected chi connectivity index (χ3v) is 2.14. The molecule has 5 nitrogen and oxygen atoms in total. The lowest BCUT2D eigenvalue weighted by molar-refractivity contribution is -0.255. The average molecular weight is 211 g/mol. The Hall–Kier alpha value is -1.69. The molecule has 0 aliphatic carbocycles. The quantitative estimate of drug-likeness (QED) is 0.718. The second kappa shape index (κ2) is 4.52. The van der Waals surface area contributed by atoms with Crippen LogP contribution in [0.2, 0.25) is 0 Å². The van der Waals surface area contributed by atoms with Crippen LogP contribution in [0.3, 0.4) is 0 Å². The molecule has 0 unspecified atom stereocenters. The lowest BCUT2D eigenvalue weighted by Crippen LogP contribution is -2.21. The van der Waals surface area contributed by atoms with E-state index in [1.54, 1.807) is 5.38 Å². The molecule has 0 aliphatic heterocycles. The van der Waals surface area contributed by atoms with Crippen LogP contribution in [0.5, 0.6) is 0 Å². The summed E-state index contributed by atoms with van der Waals surface area (Å²) in [5.41, 5.74) is 5.38. The van der Waals surface area contributed by atoms with Gasteiger partial charge in [0.2, 0.25) is 5.91 Å². The van der Waals surface area contributed by atoms with Crippen LogP contribution in [0.15, 0.2) is 11.5 Å². The first kappa shape index (κ1) is 10.4. The van der Waals surface area contributed by atoms with E-state index in [1.165, 1.54) is 12.2 Å². The lowest BCUT2D eigenvalue weighted by Gasteiger charge is -1.91. The highest BCUT2D eigenvalue weighted by Gasteiger charge is 1.99. The van der Waals surface area contributed by atoms with Crippen LogP contribution in [-0.2, 0) is 4.79 Å². The summed E-state index contributed by atoms with van der Waals surface area (Å²) < 4.78 is 0. The summed E-state index contributed by atoms with van der Waals surface area (Å²) in [5, 5.41) is 11.8. The van der Waals surface area contributed by atoms with E-state index >= 15 is 0 Å². The van der Waals surface area contributed by atoms with Gasteiger partial charge in [0.15, 0.2) is 0 Å². The maximum atomic E-state index is 10.4. The Bertz CT molecular complexity index is 384. The number of hydrogen-bond donors (Lipinski definition) is 1. The van der Waals surface area contributed by atoms with Crippen molar-refractivity contribution in [2.75, 3.05) is 0 Å². The fourth-order valence-corrected chi connectivity index (χ4v) is 1.37. The molecule has 1 amide bonds. The number of carbonyl (C=O) groups is 2. The third-order valence-electron chi connectivity index (χ3n) is 1.30. The molecule has 74 valence electrons. The van der Waals surface area contributed by atoms with Crippen molar-refractivity contribution < 1.29 is 14.7 Å². The second-order valence-electron chi connectivity index (χ2n) is 2.44. The maximum Gasteiger partial charge on any atom is 0.221 e. The molecule has 0 aromatic carbocycles. The van der Waals surface area contributed by atoms with Gasteiger partial charge in [0, 0.05) is 11.8 Å². The number of amides is 1. The minimum atomic E-state index is -1.30. The summed E-state index contributed by atoms with van der Waals surface area (Å²) in [5.74, 6) is -1.75. The summed E-state index contributed by atoms with van der Waals surface area (Å²) in [6.07, 6.45) is 3.17. The van der Waals surface area contributed by atoms with Gasteiger partial charge in [-0.2, -0.15) is 0 Å². The Balaban J connectivity index is 2.64. The van der Waals surface area contributed by atoms with Crippen LogP contribution >= 0.6 is 11.3 Å². The zero-order valence-corrected chi connectivity index (χ0v) is 7.91. The Morgan fingerprint density at radius 1 is 1.64 bits per heavy atom. The van der Waals surface area contributed by atoms with Crippen LogP contribution in [0.4, 0.5) is 0 Å². The predicted molar refractivity (Wildman–Crippen MR) is 49.3 cm³/mol. The first-order valence-electron chi connectivity index (χ1n) is 3.71. The van der Waals surface area contributed by atoms with E-state index < -0.39 is 11.9 Å². The Morgan fingerprint density at radius 2 is 2.36 bits per heavy atom. The van der Waals surface area contributed by atoms with E-state index in [4.69, 9.17) is 5.73 Å². The van der Waals surface area contributed by atoms with Crippen molar-refractivity contribution in [3.63, 3.8) is 0 Å². The van der Waals surface area contributed by atoms with Crippen molar-refractivity contribution in [1.82, 2.24) is 4.98 Å². The van der Waals surface area contributed by atoms with Gasteiger partial charge in [0.1, 0.15) is 11.0 Å². The Kier molecular flexibility index (Phi) is 3.35. The lowest BCUT2D eigenvalue weighted by atomic mass is 10.3. The molecule has 0 fully saturated rings. The molecule has 0 saturated heterocycles. The van der Waals surface area contributed by atoms with Crippen LogP contribution in [0.1, 0.15) is 21.9 Å². The van der Waals surface area contributed by atoms with Crippen LogP contribution in [-0.4, -0.2) is 16.9 Å². The second-order valence-corrected chi connectivity index (χ2v) is 3.30. The molecule has 0 radical (unpaired) electrons. The molecule has 1 heterocycles. The fraction of sp³-hybridized carbons (Fsp3) is 0.125. The summed E-state index contributed by atoms with van der Waals surface area (Å²) >= 11 is 0.976. The number of aromatic nitrogens is 1. The maximum absolute atomic E-state index is 10.4. The smallest absolute Gasteiger partial charge is 0.221 e. The SMILES string of the molecule is NC(=O)CC=Cc1csc(C(=O)[O-])n1. The number of carboxylic acid groups (broad SMARTS) is 1. The predicted octanol–water partition coefficient (Wildman–Crippen LogP) is -0.605. The highest BCUT2D eigenvalue weighted by atomic mass is 32.1. The molecule has 1 rings (SSSR count). The number of aromatic carboxylic acids is 1. The van der Waals surface area contributed by atoms with E-state index in [0.29, 0.717) is 5.69 Å². The monoisotopic (exact) mass is 211 g/mol. The van der Waals surface area contributed by atoms with E-state index in [9.17, 15) is 14.7 Å². The van der Waals surface area contributed by atoms with Crippen LogP contribution < -0.4 is 10.8 Å². The van der Waals surface area contributed by atoms with E-state index in [2.05, 4.69) is 4.98 Å². The number of hydrogen-bond acceptors (Lipinski definition) is 5. The molecule has 0 bridgehead atoms. The van der Waals surface area contributed by atoms with E-state index in [-0.39, 0.29) is 11.4 Å². The summed E-state index contributed by atoms with van der Waals surface area (Å²) in [7, 11) is 0. The number of thiazole rings is 1. The molecule has 0 saturated carbocycles. The normalized spacial score (nSPS) is 10.6. The number of primary amides is 1. The average Bonchev–Trinajstić information content (AvgIpc) is 2.52. The molecule has 0 atom stereocenters. The number of carbonyl (C=O) groups excluding carboxylic acids is 2. The van der Waals surface area contributed by atoms with Gasteiger partial charge in [-0.05, 0) is 6.08 Å². The van der Waals surface area contributed by atoms with Crippen molar-refractivity contribution in [2.24, 2.45) is 5.73 Å². The molecule has 1 aromatic rings. The molecule has 2 N–H and O–H groups in total. The van der Waals surface area contributed by atoms with Gasteiger partial charge in [-0.1, -0.05) is 6.08 Å². The third kappa shape index (κ3) is 2.98. The topological polar surface area (TPSA) is 96.1 Å². The molecule has 14 heavy (non-hydrogen) atoms. The Morgan fingerprint density at radius 3 is 2.86 bits per heavy atom. The van der Waals surface area contributed by atoms with Gasteiger partial charge in [-0.25, -0.2) is 4.98 Å². The highest BCUT2D eigenvalue weighted by molar-refractivity contribution is 7.11. The zero-order valence-electron chi connectivity index (χ0n) is 7.10. The number of nitrogens with two attached hydrogens (primary N) is 1. The fourth-order valence-electron chi connectivity index (χ4n) is 0.752. The van der Waals surface area contributed by atoms with Gasteiger partial charge >= 0.3 is 0 Å². The number of carboxylic acids is 1.